The number of oxime groups is 1. The standard InChI is InChI=1S/C11H15N3O2/c1-7(2)8-3-5-9(6-4-8)13-11(15)10(12)14-16/h3-7,16H,1-2H3,(H2,12,14)(H,13,15). The van der Waals surface area contributed by atoms with Gasteiger partial charge in [-0.15, -0.1) is 0 Å². The number of amidine groups is 1. The first kappa shape index (κ1) is 12.0. The minimum absolute atomic E-state index is 0.439. The maximum Gasteiger partial charge on any atom is 0.294 e. The molecule has 0 aliphatic heterocycles. The number of nitrogens with zero attached hydrogens (tertiary/aromatic N) is 1. The van der Waals surface area contributed by atoms with Crippen molar-refractivity contribution >= 4 is 17.4 Å². The summed E-state index contributed by atoms with van der Waals surface area (Å²) in [6.07, 6.45) is 0. The molecular formula is C11H15N3O2. The molecule has 4 N–H and O–H groups in total. The predicted molar refractivity (Wildman–Crippen MR) is 62.6 cm³/mol. The molecule has 0 heterocycles. The van der Waals surface area contributed by atoms with Gasteiger partial charge in [0.2, 0.25) is 5.84 Å². The summed E-state index contributed by atoms with van der Waals surface area (Å²) in [6.45, 7) is 4.17. The SMILES string of the molecule is CC(C)c1ccc(NC(=O)/C(N)=N\O)cc1. The van der Waals surface area contributed by atoms with Crippen LogP contribution < -0.4 is 11.1 Å². The monoisotopic (exact) mass is 221 g/mol. The third-order valence-electron chi connectivity index (χ3n) is 2.18. The van der Waals surface area contributed by atoms with Gasteiger partial charge < -0.3 is 16.3 Å². The average molecular weight is 221 g/mol. The number of amides is 1. The molecule has 0 atom stereocenters. The van der Waals surface area contributed by atoms with Crippen LogP contribution >= 0.6 is 0 Å². The summed E-state index contributed by atoms with van der Waals surface area (Å²) >= 11 is 0. The number of carbonyl (C=O) groups is 1. The second kappa shape index (κ2) is 5.16. The van der Waals surface area contributed by atoms with Gasteiger partial charge in [-0.25, -0.2) is 0 Å². The van der Waals surface area contributed by atoms with Crippen molar-refractivity contribution < 1.29 is 10.0 Å². The van der Waals surface area contributed by atoms with Gasteiger partial charge in [0.1, 0.15) is 0 Å². The topological polar surface area (TPSA) is 87.7 Å². The Morgan fingerprint density at radius 2 is 1.94 bits per heavy atom. The van der Waals surface area contributed by atoms with Crippen LogP contribution in [0.1, 0.15) is 25.3 Å². The molecule has 1 amide bonds. The number of hydrogen-bond acceptors (Lipinski definition) is 3. The summed E-state index contributed by atoms with van der Waals surface area (Å²) in [4.78, 5) is 11.2. The molecule has 0 spiro atoms. The lowest BCUT2D eigenvalue weighted by atomic mass is 10.0. The maximum absolute atomic E-state index is 11.2. The van der Waals surface area contributed by atoms with Crippen molar-refractivity contribution in [2.45, 2.75) is 19.8 Å². The lowest BCUT2D eigenvalue weighted by Gasteiger charge is -2.07. The summed E-state index contributed by atoms with van der Waals surface area (Å²) in [5.74, 6) is -0.651. The van der Waals surface area contributed by atoms with Crippen LogP contribution in [0.25, 0.3) is 0 Å². The Morgan fingerprint density at radius 3 is 2.38 bits per heavy atom. The Balaban J connectivity index is 2.73. The van der Waals surface area contributed by atoms with Gasteiger partial charge in [0.25, 0.3) is 5.91 Å². The molecule has 86 valence electrons. The quantitative estimate of drug-likeness (QED) is 0.306. The van der Waals surface area contributed by atoms with Crippen LogP contribution in [0.3, 0.4) is 0 Å². The van der Waals surface area contributed by atoms with Gasteiger partial charge in [0, 0.05) is 5.69 Å². The molecule has 16 heavy (non-hydrogen) atoms. The Hall–Kier alpha value is -2.04. The third kappa shape index (κ3) is 2.98. The van der Waals surface area contributed by atoms with Crippen molar-refractivity contribution in [1.82, 2.24) is 0 Å². The van der Waals surface area contributed by atoms with Crippen LogP contribution in [0, 0.1) is 0 Å². The fraction of sp³-hybridized carbons (Fsp3) is 0.273. The van der Waals surface area contributed by atoms with Gasteiger partial charge in [0.15, 0.2) is 0 Å². The van der Waals surface area contributed by atoms with Gasteiger partial charge in [-0.2, -0.15) is 0 Å². The Morgan fingerprint density at radius 1 is 1.38 bits per heavy atom. The first-order valence-electron chi connectivity index (χ1n) is 4.93. The van der Waals surface area contributed by atoms with E-state index >= 15 is 0 Å². The van der Waals surface area contributed by atoms with E-state index in [1.54, 1.807) is 12.1 Å². The summed E-state index contributed by atoms with van der Waals surface area (Å²) in [5, 5.41) is 13.4. The number of nitrogens with one attached hydrogen (secondary N) is 1. The normalized spacial score (nSPS) is 11.6. The second-order valence-corrected chi connectivity index (χ2v) is 3.72. The van der Waals surface area contributed by atoms with Crippen LogP contribution in [-0.4, -0.2) is 17.0 Å². The highest BCUT2D eigenvalue weighted by Gasteiger charge is 2.07. The molecule has 0 aliphatic carbocycles. The van der Waals surface area contributed by atoms with Crippen LogP contribution in [0.15, 0.2) is 29.4 Å². The zero-order valence-corrected chi connectivity index (χ0v) is 9.27. The lowest BCUT2D eigenvalue weighted by Crippen LogP contribution is -2.30. The van der Waals surface area contributed by atoms with E-state index < -0.39 is 11.7 Å². The molecule has 1 rings (SSSR count). The summed E-state index contributed by atoms with van der Waals surface area (Å²) in [5.41, 5.74) is 6.92. The van der Waals surface area contributed by atoms with Gasteiger partial charge in [0.05, 0.1) is 0 Å². The van der Waals surface area contributed by atoms with E-state index in [4.69, 9.17) is 10.9 Å². The number of anilines is 1. The molecule has 0 fully saturated rings. The van der Waals surface area contributed by atoms with Crippen molar-refractivity contribution in [1.29, 1.82) is 0 Å². The molecular weight excluding hydrogens is 206 g/mol. The first-order valence-corrected chi connectivity index (χ1v) is 4.93. The molecule has 0 unspecified atom stereocenters. The van der Waals surface area contributed by atoms with Gasteiger partial charge in [-0.3, -0.25) is 4.79 Å². The molecule has 5 heteroatoms. The Bertz CT molecular complexity index is 396. The zero-order valence-electron chi connectivity index (χ0n) is 9.27. The van der Waals surface area contributed by atoms with Crippen molar-refractivity contribution in [3.63, 3.8) is 0 Å². The molecule has 1 aromatic carbocycles. The van der Waals surface area contributed by atoms with E-state index in [-0.39, 0.29) is 0 Å². The Kier molecular flexibility index (Phi) is 3.88. The molecule has 0 saturated carbocycles. The van der Waals surface area contributed by atoms with E-state index in [9.17, 15) is 4.79 Å². The predicted octanol–water partition coefficient (Wildman–Crippen LogP) is 1.49. The van der Waals surface area contributed by atoms with E-state index in [0.29, 0.717) is 11.6 Å². The highest BCUT2D eigenvalue weighted by molar-refractivity contribution is 6.41. The van der Waals surface area contributed by atoms with E-state index in [0.717, 1.165) is 0 Å². The number of hydrogen-bond donors (Lipinski definition) is 3. The summed E-state index contributed by atoms with van der Waals surface area (Å²) in [7, 11) is 0. The zero-order chi connectivity index (χ0) is 12.1. The van der Waals surface area contributed by atoms with Crippen LogP contribution in [0.5, 0.6) is 0 Å². The highest BCUT2D eigenvalue weighted by atomic mass is 16.4. The van der Waals surface area contributed by atoms with Crippen LogP contribution in [0.4, 0.5) is 5.69 Å². The van der Waals surface area contributed by atoms with Crippen LogP contribution in [0.2, 0.25) is 0 Å². The van der Waals surface area contributed by atoms with Crippen molar-refractivity contribution in [2.75, 3.05) is 5.32 Å². The largest absolute Gasteiger partial charge is 0.409 e. The molecule has 5 nitrogen and oxygen atoms in total. The fourth-order valence-corrected chi connectivity index (χ4v) is 1.19. The highest BCUT2D eigenvalue weighted by Crippen LogP contribution is 2.16. The third-order valence-corrected chi connectivity index (χ3v) is 2.18. The Labute approximate surface area is 94.0 Å². The van der Waals surface area contributed by atoms with Crippen molar-refractivity contribution in [3.8, 4) is 0 Å². The molecule has 0 saturated heterocycles. The van der Waals surface area contributed by atoms with Gasteiger partial charge >= 0.3 is 0 Å². The molecule has 0 bridgehead atoms. The van der Waals surface area contributed by atoms with E-state index in [2.05, 4.69) is 24.3 Å². The minimum atomic E-state index is -0.625. The number of rotatable bonds is 2. The molecule has 0 radical (unpaired) electrons. The van der Waals surface area contributed by atoms with Gasteiger partial charge in [-0.1, -0.05) is 31.1 Å². The van der Waals surface area contributed by atoms with E-state index in [1.165, 1.54) is 5.56 Å². The molecule has 1 aromatic rings. The first-order chi connectivity index (χ1) is 7.54. The lowest BCUT2D eigenvalue weighted by molar-refractivity contribution is -0.110. The smallest absolute Gasteiger partial charge is 0.294 e. The number of carbonyl (C=O) groups excluding carboxylic acids is 1. The van der Waals surface area contributed by atoms with Crippen molar-refractivity contribution in [3.05, 3.63) is 29.8 Å². The summed E-state index contributed by atoms with van der Waals surface area (Å²) in [6, 6.07) is 7.40. The average Bonchev–Trinajstić information content (AvgIpc) is 2.28. The fourth-order valence-electron chi connectivity index (χ4n) is 1.19. The molecule has 0 aromatic heterocycles. The second-order valence-electron chi connectivity index (χ2n) is 3.72. The summed E-state index contributed by atoms with van der Waals surface area (Å²) < 4.78 is 0. The molecule has 0 aliphatic rings. The minimum Gasteiger partial charge on any atom is -0.409 e. The van der Waals surface area contributed by atoms with Crippen LogP contribution in [-0.2, 0) is 4.79 Å². The van der Waals surface area contributed by atoms with Crippen molar-refractivity contribution in [2.24, 2.45) is 10.9 Å². The van der Waals surface area contributed by atoms with Gasteiger partial charge in [-0.05, 0) is 23.6 Å². The number of nitrogens with two attached hydrogens (primary N) is 1. The maximum atomic E-state index is 11.2. The number of benzene rings is 1. The van der Waals surface area contributed by atoms with E-state index in [1.807, 2.05) is 12.1 Å².